The summed E-state index contributed by atoms with van der Waals surface area (Å²) in [5.41, 5.74) is 1.45. The molecule has 0 amide bonds. The molecule has 0 unspecified atom stereocenters. The van der Waals surface area contributed by atoms with Gasteiger partial charge >= 0.3 is 0 Å². The third-order valence-electron chi connectivity index (χ3n) is 3.07. The topological polar surface area (TPSA) is 67.8 Å². The molecule has 1 fully saturated rings. The second-order valence-electron chi connectivity index (χ2n) is 4.36. The highest BCUT2D eigenvalue weighted by molar-refractivity contribution is 7.85. The SMILES string of the molecule is O=S1CCC(Nc2ccc3nccnc3n2)CC1. The molecule has 0 aromatic carbocycles. The quantitative estimate of drug-likeness (QED) is 0.884. The molecule has 1 aliphatic heterocycles. The lowest BCUT2D eigenvalue weighted by molar-refractivity contribution is 0.623. The number of aromatic nitrogens is 3. The van der Waals surface area contributed by atoms with Gasteiger partial charge in [0.2, 0.25) is 0 Å². The molecule has 0 bridgehead atoms. The van der Waals surface area contributed by atoms with Gasteiger partial charge in [-0.2, -0.15) is 0 Å². The van der Waals surface area contributed by atoms with Crippen molar-refractivity contribution in [2.24, 2.45) is 0 Å². The van der Waals surface area contributed by atoms with Crippen molar-refractivity contribution in [3.05, 3.63) is 24.5 Å². The largest absolute Gasteiger partial charge is 0.367 e. The van der Waals surface area contributed by atoms with E-state index in [1.165, 1.54) is 0 Å². The maximum Gasteiger partial charge on any atom is 0.180 e. The maximum atomic E-state index is 11.3. The van der Waals surface area contributed by atoms with Crippen LogP contribution < -0.4 is 5.32 Å². The molecule has 3 rings (SSSR count). The van der Waals surface area contributed by atoms with E-state index in [-0.39, 0.29) is 0 Å². The van der Waals surface area contributed by atoms with E-state index in [1.807, 2.05) is 12.1 Å². The number of pyridine rings is 1. The number of anilines is 1. The third kappa shape index (κ3) is 2.48. The zero-order valence-electron chi connectivity index (χ0n) is 9.87. The average Bonchev–Trinajstić information content (AvgIpc) is 2.41. The minimum absolute atomic E-state index is 0.365. The van der Waals surface area contributed by atoms with E-state index in [4.69, 9.17) is 0 Å². The number of nitrogens with zero attached hydrogens (tertiary/aromatic N) is 3. The van der Waals surface area contributed by atoms with E-state index in [0.29, 0.717) is 11.7 Å². The van der Waals surface area contributed by atoms with E-state index in [1.54, 1.807) is 12.4 Å². The van der Waals surface area contributed by atoms with Crippen LogP contribution in [-0.4, -0.2) is 36.7 Å². The fraction of sp³-hybridized carbons (Fsp3) is 0.417. The molecule has 0 spiro atoms. The van der Waals surface area contributed by atoms with Crippen LogP contribution in [0.5, 0.6) is 0 Å². The van der Waals surface area contributed by atoms with Crippen molar-refractivity contribution in [1.82, 2.24) is 15.0 Å². The summed E-state index contributed by atoms with van der Waals surface area (Å²) in [6, 6.07) is 4.20. The lowest BCUT2D eigenvalue weighted by atomic mass is 10.1. The fourth-order valence-electron chi connectivity index (χ4n) is 2.08. The van der Waals surface area contributed by atoms with Crippen molar-refractivity contribution in [2.75, 3.05) is 16.8 Å². The monoisotopic (exact) mass is 262 g/mol. The van der Waals surface area contributed by atoms with Gasteiger partial charge in [-0.1, -0.05) is 0 Å². The lowest BCUT2D eigenvalue weighted by Crippen LogP contribution is -2.29. The van der Waals surface area contributed by atoms with Gasteiger partial charge in [0.05, 0.1) is 0 Å². The normalized spacial score (nSPS) is 24.0. The van der Waals surface area contributed by atoms with Crippen molar-refractivity contribution in [3.63, 3.8) is 0 Å². The Morgan fingerprint density at radius 1 is 1.17 bits per heavy atom. The Morgan fingerprint density at radius 2 is 1.94 bits per heavy atom. The lowest BCUT2D eigenvalue weighted by Gasteiger charge is -2.22. The van der Waals surface area contributed by atoms with Crippen molar-refractivity contribution in [1.29, 1.82) is 0 Å². The van der Waals surface area contributed by atoms with Crippen molar-refractivity contribution in [2.45, 2.75) is 18.9 Å². The Labute approximate surface area is 108 Å². The Balaban J connectivity index is 1.76. The van der Waals surface area contributed by atoms with Crippen LogP contribution in [0.3, 0.4) is 0 Å². The van der Waals surface area contributed by atoms with Crippen LogP contribution in [0.1, 0.15) is 12.8 Å². The summed E-state index contributed by atoms with van der Waals surface area (Å²) in [6.45, 7) is 0. The summed E-state index contributed by atoms with van der Waals surface area (Å²) in [7, 11) is -0.624. The molecule has 1 saturated heterocycles. The predicted octanol–water partition coefficient (Wildman–Crippen LogP) is 1.35. The van der Waals surface area contributed by atoms with Gasteiger partial charge in [0.1, 0.15) is 11.3 Å². The molecule has 0 aliphatic carbocycles. The predicted molar refractivity (Wildman–Crippen MR) is 71.9 cm³/mol. The van der Waals surface area contributed by atoms with E-state index >= 15 is 0 Å². The number of hydrogen-bond acceptors (Lipinski definition) is 5. The van der Waals surface area contributed by atoms with Crippen LogP contribution >= 0.6 is 0 Å². The molecule has 0 saturated carbocycles. The van der Waals surface area contributed by atoms with E-state index in [2.05, 4.69) is 20.3 Å². The molecular formula is C12H14N4OS. The second kappa shape index (κ2) is 4.97. The number of fused-ring (bicyclic) bond motifs is 1. The maximum absolute atomic E-state index is 11.3. The first-order valence-electron chi connectivity index (χ1n) is 6.00. The summed E-state index contributed by atoms with van der Waals surface area (Å²) in [5, 5.41) is 3.38. The average molecular weight is 262 g/mol. The Morgan fingerprint density at radius 3 is 2.78 bits per heavy atom. The summed E-state index contributed by atoms with van der Waals surface area (Å²) < 4.78 is 11.3. The molecule has 18 heavy (non-hydrogen) atoms. The smallest absolute Gasteiger partial charge is 0.180 e. The van der Waals surface area contributed by atoms with Crippen LogP contribution in [0.15, 0.2) is 24.5 Å². The van der Waals surface area contributed by atoms with Gasteiger partial charge in [-0.25, -0.2) is 9.97 Å². The summed E-state index contributed by atoms with van der Waals surface area (Å²) in [4.78, 5) is 12.8. The first-order chi connectivity index (χ1) is 8.81. The number of hydrogen-bond donors (Lipinski definition) is 1. The molecule has 5 nitrogen and oxygen atoms in total. The van der Waals surface area contributed by atoms with Crippen molar-refractivity contribution in [3.8, 4) is 0 Å². The van der Waals surface area contributed by atoms with E-state index < -0.39 is 10.8 Å². The molecule has 2 aromatic rings. The highest BCUT2D eigenvalue weighted by Crippen LogP contribution is 2.16. The van der Waals surface area contributed by atoms with Gasteiger partial charge in [-0.05, 0) is 25.0 Å². The number of nitrogens with one attached hydrogen (secondary N) is 1. The highest BCUT2D eigenvalue weighted by Gasteiger charge is 2.17. The highest BCUT2D eigenvalue weighted by atomic mass is 32.2. The zero-order valence-corrected chi connectivity index (χ0v) is 10.7. The van der Waals surface area contributed by atoms with E-state index in [9.17, 15) is 4.21 Å². The fourth-order valence-corrected chi connectivity index (χ4v) is 3.38. The molecule has 1 aliphatic rings. The molecule has 6 heteroatoms. The van der Waals surface area contributed by atoms with Gasteiger partial charge in [0, 0.05) is 40.7 Å². The second-order valence-corrected chi connectivity index (χ2v) is 6.06. The van der Waals surface area contributed by atoms with Crippen molar-refractivity contribution < 1.29 is 4.21 Å². The summed E-state index contributed by atoms with van der Waals surface area (Å²) in [5.74, 6) is 2.39. The Hall–Kier alpha value is -1.56. The first-order valence-corrected chi connectivity index (χ1v) is 7.49. The zero-order chi connectivity index (χ0) is 12.4. The Kier molecular flexibility index (Phi) is 3.19. The van der Waals surface area contributed by atoms with Crippen LogP contribution in [0.4, 0.5) is 5.82 Å². The first kappa shape index (κ1) is 11.5. The van der Waals surface area contributed by atoms with Gasteiger partial charge in [0.25, 0.3) is 0 Å². The standard InChI is InChI=1S/C12H14N4OS/c17-18-7-3-9(4-8-18)15-11-2-1-10-12(16-11)14-6-5-13-10/h1-2,5-6,9H,3-4,7-8H2,(H,14,15,16). The molecule has 94 valence electrons. The van der Waals surface area contributed by atoms with Crippen LogP contribution in [0, 0.1) is 0 Å². The van der Waals surface area contributed by atoms with Crippen LogP contribution in [0.25, 0.3) is 11.2 Å². The minimum atomic E-state index is -0.624. The summed E-state index contributed by atoms with van der Waals surface area (Å²) >= 11 is 0. The van der Waals surface area contributed by atoms with Crippen LogP contribution in [0.2, 0.25) is 0 Å². The molecule has 0 atom stereocenters. The Bertz CT molecular complexity index is 579. The number of rotatable bonds is 2. The molecular weight excluding hydrogens is 248 g/mol. The molecule has 1 N–H and O–H groups in total. The summed E-state index contributed by atoms with van der Waals surface area (Å²) in [6.07, 6.45) is 5.18. The van der Waals surface area contributed by atoms with E-state index in [0.717, 1.165) is 35.7 Å². The minimum Gasteiger partial charge on any atom is -0.367 e. The van der Waals surface area contributed by atoms with Gasteiger partial charge in [0.15, 0.2) is 5.65 Å². The molecule has 2 aromatic heterocycles. The van der Waals surface area contributed by atoms with Crippen LogP contribution in [-0.2, 0) is 10.8 Å². The molecule has 0 radical (unpaired) electrons. The third-order valence-corrected chi connectivity index (χ3v) is 4.45. The molecule has 3 heterocycles. The van der Waals surface area contributed by atoms with Gasteiger partial charge < -0.3 is 5.32 Å². The van der Waals surface area contributed by atoms with Crippen molar-refractivity contribution >= 4 is 27.8 Å². The van der Waals surface area contributed by atoms with Gasteiger partial charge in [-0.3, -0.25) is 9.19 Å². The van der Waals surface area contributed by atoms with Gasteiger partial charge in [-0.15, -0.1) is 0 Å².